The lowest BCUT2D eigenvalue weighted by atomic mass is 10.0. The van der Waals surface area contributed by atoms with Gasteiger partial charge in [-0.1, -0.05) is 54.4 Å². The Morgan fingerprint density at radius 1 is 1.07 bits per heavy atom. The SMILES string of the molecule is CC[C@@H](C)NC(=O)[C@H](C)N(Cc1ccc(Cl)cc1)C(=O)Cc1cc(C)ccc1C. The molecule has 0 aliphatic rings. The molecule has 0 bridgehead atoms. The van der Waals surface area contributed by atoms with Gasteiger partial charge in [0.25, 0.3) is 0 Å². The van der Waals surface area contributed by atoms with E-state index in [-0.39, 0.29) is 24.3 Å². The maximum atomic E-state index is 13.3. The van der Waals surface area contributed by atoms with Crippen molar-refractivity contribution in [2.24, 2.45) is 0 Å². The number of amides is 2. The molecule has 5 heteroatoms. The molecule has 1 N–H and O–H groups in total. The monoisotopic (exact) mass is 414 g/mol. The molecular formula is C24H31ClN2O2. The van der Waals surface area contributed by atoms with E-state index in [1.54, 1.807) is 24.0 Å². The quantitative estimate of drug-likeness (QED) is 0.672. The van der Waals surface area contributed by atoms with Gasteiger partial charge < -0.3 is 10.2 Å². The van der Waals surface area contributed by atoms with E-state index >= 15 is 0 Å². The summed E-state index contributed by atoms with van der Waals surface area (Å²) < 4.78 is 0. The Bertz CT molecular complexity index is 848. The third kappa shape index (κ3) is 6.60. The van der Waals surface area contributed by atoms with Crippen molar-refractivity contribution in [1.82, 2.24) is 10.2 Å². The van der Waals surface area contributed by atoms with Gasteiger partial charge in [-0.15, -0.1) is 0 Å². The molecule has 0 fully saturated rings. The van der Waals surface area contributed by atoms with E-state index in [1.807, 2.05) is 58.0 Å². The highest BCUT2D eigenvalue weighted by Crippen LogP contribution is 2.17. The normalized spacial score (nSPS) is 12.9. The lowest BCUT2D eigenvalue weighted by Crippen LogP contribution is -2.49. The molecule has 2 aromatic rings. The van der Waals surface area contributed by atoms with Crippen molar-refractivity contribution in [2.45, 2.75) is 66.1 Å². The zero-order valence-electron chi connectivity index (χ0n) is 18.0. The molecule has 2 rings (SSSR count). The Labute approximate surface area is 179 Å². The second kappa shape index (κ2) is 10.4. The topological polar surface area (TPSA) is 49.4 Å². The summed E-state index contributed by atoms with van der Waals surface area (Å²) in [5.41, 5.74) is 4.12. The molecule has 2 aromatic carbocycles. The highest BCUT2D eigenvalue weighted by atomic mass is 35.5. The highest BCUT2D eigenvalue weighted by Gasteiger charge is 2.27. The van der Waals surface area contributed by atoms with E-state index in [0.717, 1.165) is 28.7 Å². The number of carbonyl (C=O) groups excluding carboxylic acids is 2. The number of aryl methyl sites for hydroxylation is 2. The fraction of sp³-hybridized carbons (Fsp3) is 0.417. The van der Waals surface area contributed by atoms with Crippen LogP contribution in [-0.4, -0.2) is 28.8 Å². The van der Waals surface area contributed by atoms with Crippen LogP contribution in [-0.2, 0) is 22.6 Å². The van der Waals surface area contributed by atoms with Gasteiger partial charge in [-0.2, -0.15) is 0 Å². The Balaban J connectivity index is 2.26. The molecule has 4 nitrogen and oxygen atoms in total. The van der Waals surface area contributed by atoms with Gasteiger partial charge in [-0.25, -0.2) is 0 Å². The molecule has 0 aliphatic heterocycles. The van der Waals surface area contributed by atoms with Gasteiger partial charge in [-0.05, 0) is 62.9 Å². The van der Waals surface area contributed by atoms with Crippen LogP contribution in [0.2, 0.25) is 5.02 Å². The summed E-state index contributed by atoms with van der Waals surface area (Å²) in [6.07, 6.45) is 1.11. The second-order valence-corrected chi connectivity index (χ2v) is 8.19. The number of nitrogens with one attached hydrogen (secondary N) is 1. The summed E-state index contributed by atoms with van der Waals surface area (Å²) in [7, 11) is 0. The first-order valence-corrected chi connectivity index (χ1v) is 10.5. The maximum absolute atomic E-state index is 13.3. The zero-order chi connectivity index (χ0) is 21.6. The van der Waals surface area contributed by atoms with Crippen LogP contribution in [0, 0.1) is 13.8 Å². The van der Waals surface area contributed by atoms with Crippen LogP contribution in [0.15, 0.2) is 42.5 Å². The third-order valence-electron chi connectivity index (χ3n) is 5.28. The third-order valence-corrected chi connectivity index (χ3v) is 5.53. The molecule has 2 atom stereocenters. The van der Waals surface area contributed by atoms with Crippen LogP contribution < -0.4 is 5.32 Å². The first-order chi connectivity index (χ1) is 13.7. The minimum absolute atomic E-state index is 0.0662. The second-order valence-electron chi connectivity index (χ2n) is 7.75. The van der Waals surface area contributed by atoms with Gasteiger partial charge in [-0.3, -0.25) is 9.59 Å². The largest absolute Gasteiger partial charge is 0.352 e. The number of nitrogens with zero attached hydrogens (tertiary/aromatic N) is 1. The lowest BCUT2D eigenvalue weighted by Gasteiger charge is -2.30. The number of halogens is 1. The number of carbonyl (C=O) groups is 2. The summed E-state index contributed by atoms with van der Waals surface area (Å²) >= 11 is 5.99. The van der Waals surface area contributed by atoms with Gasteiger partial charge in [0.1, 0.15) is 6.04 Å². The van der Waals surface area contributed by atoms with Gasteiger partial charge in [0.2, 0.25) is 11.8 Å². The predicted octanol–water partition coefficient (Wildman–Crippen LogP) is 4.83. The smallest absolute Gasteiger partial charge is 0.242 e. The van der Waals surface area contributed by atoms with Crippen molar-refractivity contribution in [3.05, 3.63) is 69.7 Å². The molecule has 0 heterocycles. The number of rotatable bonds is 8. The van der Waals surface area contributed by atoms with E-state index in [1.165, 1.54) is 0 Å². The van der Waals surface area contributed by atoms with Crippen LogP contribution in [0.1, 0.15) is 49.4 Å². The van der Waals surface area contributed by atoms with Crippen molar-refractivity contribution < 1.29 is 9.59 Å². The van der Waals surface area contributed by atoms with Crippen LogP contribution >= 0.6 is 11.6 Å². The molecule has 0 spiro atoms. The standard InChI is InChI=1S/C24H31ClN2O2/c1-6-18(4)26-24(29)19(5)27(15-20-9-11-22(25)12-10-20)23(28)14-21-13-16(2)7-8-17(21)3/h7-13,18-19H,6,14-15H2,1-5H3,(H,26,29)/t18-,19+/m1/s1. The average molecular weight is 415 g/mol. The van der Waals surface area contributed by atoms with E-state index in [0.29, 0.717) is 11.6 Å². The molecule has 0 radical (unpaired) electrons. The summed E-state index contributed by atoms with van der Waals surface area (Å²) in [5, 5.41) is 3.63. The van der Waals surface area contributed by atoms with E-state index in [9.17, 15) is 9.59 Å². The summed E-state index contributed by atoms with van der Waals surface area (Å²) in [6.45, 7) is 10.1. The van der Waals surface area contributed by atoms with Gasteiger partial charge in [0.05, 0.1) is 6.42 Å². The minimum Gasteiger partial charge on any atom is -0.352 e. The summed E-state index contributed by atoms with van der Waals surface area (Å²) in [5.74, 6) is -0.205. The van der Waals surface area contributed by atoms with Crippen LogP contribution in [0.3, 0.4) is 0 Å². The van der Waals surface area contributed by atoms with Crippen molar-refractivity contribution in [3.63, 3.8) is 0 Å². The van der Waals surface area contributed by atoms with Crippen molar-refractivity contribution in [3.8, 4) is 0 Å². The Kier molecular flexibility index (Phi) is 8.27. The molecule has 0 aromatic heterocycles. The van der Waals surface area contributed by atoms with E-state index in [2.05, 4.69) is 5.32 Å². The van der Waals surface area contributed by atoms with Gasteiger partial charge in [0, 0.05) is 17.6 Å². The first kappa shape index (κ1) is 23.0. The van der Waals surface area contributed by atoms with Crippen LogP contribution in [0.5, 0.6) is 0 Å². The van der Waals surface area contributed by atoms with Gasteiger partial charge >= 0.3 is 0 Å². The van der Waals surface area contributed by atoms with Crippen LogP contribution in [0.4, 0.5) is 0 Å². The Morgan fingerprint density at radius 2 is 1.72 bits per heavy atom. The van der Waals surface area contributed by atoms with Gasteiger partial charge in [0.15, 0.2) is 0 Å². The van der Waals surface area contributed by atoms with Crippen molar-refractivity contribution in [2.75, 3.05) is 0 Å². The minimum atomic E-state index is -0.572. The van der Waals surface area contributed by atoms with E-state index in [4.69, 9.17) is 11.6 Å². The molecule has 156 valence electrons. The Morgan fingerprint density at radius 3 is 2.34 bits per heavy atom. The van der Waals surface area contributed by atoms with Crippen molar-refractivity contribution >= 4 is 23.4 Å². The number of hydrogen-bond acceptors (Lipinski definition) is 2. The van der Waals surface area contributed by atoms with Crippen LogP contribution in [0.25, 0.3) is 0 Å². The maximum Gasteiger partial charge on any atom is 0.242 e. The van der Waals surface area contributed by atoms with E-state index < -0.39 is 6.04 Å². The average Bonchev–Trinajstić information content (AvgIpc) is 2.69. The van der Waals surface area contributed by atoms with Crippen molar-refractivity contribution in [1.29, 1.82) is 0 Å². The molecule has 0 saturated heterocycles. The predicted molar refractivity (Wildman–Crippen MR) is 119 cm³/mol. The highest BCUT2D eigenvalue weighted by molar-refractivity contribution is 6.30. The molecule has 29 heavy (non-hydrogen) atoms. The lowest BCUT2D eigenvalue weighted by molar-refractivity contribution is -0.140. The molecule has 0 saturated carbocycles. The zero-order valence-corrected chi connectivity index (χ0v) is 18.7. The summed E-state index contributed by atoms with van der Waals surface area (Å²) in [6, 6.07) is 13.0. The summed E-state index contributed by atoms with van der Waals surface area (Å²) in [4.78, 5) is 27.7. The first-order valence-electron chi connectivity index (χ1n) is 10.1. The fourth-order valence-electron chi connectivity index (χ4n) is 3.09. The molecule has 2 amide bonds. The Hall–Kier alpha value is -2.33. The number of benzene rings is 2. The molecule has 0 aliphatic carbocycles. The molecular weight excluding hydrogens is 384 g/mol. The molecule has 0 unspecified atom stereocenters. The number of hydrogen-bond donors (Lipinski definition) is 1. The fourth-order valence-corrected chi connectivity index (χ4v) is 3.22.